The molecule has 5 rings (SSSR count). The highest BCUT2D eigenvalue weighted by Crippen LogP contribution is 2.38. The van der Waals surface area contributed by atoms with Crippen LogP contribution in [0.1, 0.15) is 78.1 Å². The molecular weight excluding hydrogens is 520 g/mol. The molecule has 0 aliphatic carbocycles. The van der Waals surface area contributed by atoms with Crippen LogP contribution in [0.25, 0.3) is 0 Å². The Morgan fingerprint density at radius 2 is 1.78 bits per heavy atom. The number of nitrogens with one attached hydrogen (secondary N) is 2. The lowest BCUT2D eigenvalue weighted by atomic mass is 9.73. The number of fused-ring (bicyclic) bond motifs is 1. The van der Waals surface area contributed by atoms with Crippen LogP contribution in [-0.4, -0.2) is 72.3 Å². The number of benzene rings is 2. The number of ether oxygens (including phenoxy) is 1. The fraction of sp³-hybridized carbons (Fsp3) is 0.500. The molecule has 41 heavy (non-hydrogen) atoms. The number of rotatable bonds is 3. The third kappa shape index (κ3) is 6.72. The van der Waals surface area contributed by atoms with Crippen LogP contribution in [0.15, 0.2) is 48.5 Å². The van der Waals surface area contributed by atoms with Gasteiger partial charge in [0.2, 0.25) is 11.8 Å². The Morgan fingerprint density at radius 3 is 2.56 bits per heavy atom. The van der Waals surface area contributed by atoms with Crippen LogP contribution >= 0.6 is 0 Å². The van der Waals surface area contributed by atoms with Gasteiger partial charge in [-0.05, 0) is 68.9 Å². The molecule has 3 aliphatic rings. The Labute approximate surface area is 241 Å². The molecule has 0 radical (unpaired) electrons. The van der Waals surface area contributed by atoms with E-state index in [1.54, 1.807) is 12.1 Å². The summed E-state index contributed by atoms with van der Waals surface area (Å²) in [5.41, 5.74) is 1.49. The number of amides is 4. The number of piperidine rings is 1. The van der Waals surface area contributed by atoms with Gasteiger partial charge in [0, 0.05) is 44.7 Å². The summed E-state index contributed by atoms with van der Waals surface area (Å²) in [5, 5.41) is 6.14. The smallest absolute Gasteiger partial charge is 0.255 e. The van der Waals surface area contributed by atoms with Crippen molar-refractivity contribution >= 4 is 23.6 Å². The second-order valence-corrected chi connectivity index (χ2v) is 11.6. The van der Waals surface area contributed by atoms with Gasteiger partial charge in [-0.25, -0.2) is 0 Å². The summed E-state index contributed by atoms with van der Waals surface area (Å²) in [5.74, 6) is 0.469. The van der Waals surface area contributed by atoms with Gasteiger partial charge in [0.1, 0.15) is 12.4 Å². The zero-order valence-electron chi connectivity index (χ0n) is 23.8. The van der Waals surface area contributed by atoms with Crippen LogP contribution < -0.4 is 15.4 Å². The first-order valence-electron chi connectivity index (χ1n) is 14.8. The number of nitrogens with zero attached hydrogens (tertiary/aromatic N) is 2. The van der Waals surface area contributed by atoms with Crippen molar-refractivity contribution in [3.05, 3.63) is 65.2 Å². The van der Waals surface area contributed by atoms with Gasteiger partial charge in [-0.3, -0.25) is 19.2 Å². The van der Waals surface area contributed by atoms with E-state index in [-0.39, 0.29) is 36.3 Å². The fourth-order valence-electron chi connectivity index (χ4n) is 6.10. The predicted octanol–water partition coefficient (Wildman–Crippen LogP) is 3.53. The van der Waals surface area contributed by atoms with Crippen LogP contribution in [0.2, 0.25) is 0 Å². The van der Waals surface area contributed by atoms with Gasteiger partial charge >= 0.3 is 0 Å². The molecule has 3 heterocycles. The first-order valence-corrected chi connectivity index (χ1v) is 14.8. The van der Waals surface area contributed by atoms with Gasteiger partial charge in [-0.2, -0.15) is 0 Å². The van der Waals surface area contributed by atoms with Gasteiger partial charge in [-0.15, -0.1) is 0 Å². The molecule has 2 saturated heterocycles. The Morgan fingerprint density at radius 1 is 0.976 bits per heavy atom. The molecule has 218 valence electrons. The molecule has 0 aromatic heterocycles. The highest BCUT2D eigenvalue weighted by Gasteiger charge is 2.42. The van der Waals surface area contributed by atoms with Crippen molar-refractivity contribution in [3.63, 3.8) is 0 Å². The molecule has 3 aliphatic heterocycles. The molecule has 1 atom stereocenters. The molecule has 9 nitrogen and oxygen atoms in total. The van der Waals surface area contributed by atoms with Crippen LogP contribution in [0.4, 0.5) is 0 Å². The van der Waals surface area contributed by atoms with Crippen LogP contribution in [-0.2, 0) is 16.1 Å². The molecule has 0 bridgehead atoms. The summed E-state index contributed by atoms with van der Waals surface area (Å²) in [4.78, 5) is 55.6. The molecule has 2 aromatic rings. The van der Waals surface area contributed by atoms with E-state index in [0.717, 1.165) is 31.4 Å². The first-order chi connectivity index (χ1) is 19.8. The Balaban J connectivity index is 1.23. The highest BCUT2D eigenvalue weighted by molar-refractivity contribution is 5.97. The molecule has 2 N–H and O–H groups in total. The zero-order chi connectivity index (χ0) is 28.8. The number of likely N-dealkylation sites (tertiary alicyclic amines) is 2. The van der Waals surface area contributed by atoms with Crippen LogP contribution in [0.3, 0.4) is 0 Å². The molecule has 0 unspecified atom stereocenters. The summed E-state index contributed by atoms with van der Waals surface area (Å²) < 4.78 is 5.94. The largest absolute Gasteiger partial charge is 0.491 e. The Bertz CT molecular complexity index is 1290. The molecule has 9 heteroatoms. The number of hydrogen-bond donors (Lipinski definition) is 2. The minimum absolute atomic E-state index is 0.00681. The van der Waals surface area contributed by atoms with E-state index in [2.05, 4.69) is 10.6 Å². The second kappa shape index (κ2) is 12.7. The maximum Gasteiger partial charge on any atom is 0.255 e. The van der Waals surface area contributed by atoms with Crippen molar-refractivity contribution in [2.24, 2.45) is 5.41 Å². The maximum absolute atomic E-state index is 13.7. The molecule has 2 aromatic carbocycles. The lowest BCUT2D eigenvalue weighted by molar-refractivity contribution is -0.135. The van der Waals surface area contributed by atoms with Crippen LogP contribution in [0, 0.1) is 5.41 Å². The Kier molecular flexibility index (Phi) is 8.90. The summed E-state index contributed by atoms with van der Waals surface area (Å²) in [6.07, 6.45) is 4.88. The van der Waals surface area contributed by atoms with Gasteiger partial charge < -0.3 is 25.2 Å². The maximum atomic E-state index is 13.7. The minimum Gasteiger partial charge on any atom is -0.491 e. The van der Waals surface area contributed by atoms with Crippen molar-refractivity contribution in [3.8, 4) is 5.75 Å². The Hall–Kier alpha value is -3.88. The quantitative estimate of drug-likeness (QED) is 0.597. The van der Waals surface area contributed by atoms with Gasteiger partial charge in [0.25, 0.3) is 11.8 Å². The average Bonchev–Trinajstić information content (AvgIpc) is 3.39. The topological polar surface area (TPSA) is 108 Å². The van der Waals surface area contributed by atoms with E-state index in [4.69, 9.17) is 4.74 Å². The summed E-state index contributed by atoms with van der Waals surface area (Å²) in [7, 11) is 0. The van der Waals surface area contributed by atoms with E-state index in [9.17, 15) is 19.2 Å². The summed E-state index contributed by atoms with van der Waals surface area (Å²) in [6, 6.07) is 14.4. The van der Waals surface area contributed by atoms with E-state index >= 15 is 0 Å². The van der Waals surface area contributed by atoms with Crippen molar-refractivity contribution in [2.75, 3.05) is 32.8 Å². The van der Waals surface area contributed by atoms with E-state index < -0.39 is 5.41 Å². The van der Waals surface area contributed by atoms with E-state index in [0.29, 0.717) is 68.7 Å². The summed E-state index contributed by atoms with van der Waals surface area (Å²) in [6.45, 7) is 4.95. The zero-order valence-corrected chi connectivity index (χ0v) is 23.8. The van der Waals surface area contributed by atoms with E-state index in [1.807, 2.05) is 53.1 Å². The third-order valence-electron chi connectivity index (χ3n) is 8.57. The van der Waals surface area contributed by atoms with Gasteiger partial charge in [0.05, 0.1) is 17.0 Å². The predicted molar refractivity (Wildman–Crippen MR) is 154 cm³/mol. The van der Waals surface area contributed by atoms with Crippen molar-refractivity contribution in [1.82, 2.24) is 20.4 Å². The van der Waals surface area contributed by atoms with Crippen LogP contribution in [0.5, 0.6) is 5.75 Å². The second-order valence-electron chi connectivity index (χ2n) is 11.6. The van der Waals surface area contributed by atoms with Gasteiger partial charge in [-0.1, -0.05) is 30.7 Å². The lowest BCUT2D eigenvalue weighted by Crippen LogP contribution is -2.52. The van der Waals surface area contributed by atoms with Crippen molar-refractivity contribution in [2.45, 2.75) is 64.5 Å². The average molecular weight is 561 g/mol. The molecule has 1 spiro atoms. The molecule has 0 saturated carbocycles. The fourth-order valence-corrected chi connectivity index (χ4v) is 6.10. The molecule has 2 fully saturated rings. The molecular formula is C32H40N4O5. The van der Waals surface area contributed by atoms with Crippen molar-refractivity contribution in [1.29, 1.82) is 0 Å². The number of para-hydroxylation sites is 1. The number of carbonyl (C=O) groups excluding carboxylic acids is 4. The number of carbonyl (C=O) groups is 4. The van der Waals surface area contributed by atoms with E-state index in [1.165, 1.54) is 0 Å². The first kappa shape index (κ1) is 28.6. The van der Waals surface area contributed by atoms with Crippen molar-refractivity contribution < 1.29 is 23.9 Å². The normalized spacial score (nSPS) is 21.9. The molecule has 4 amide bonds. The standard InChI is InChI=1S/C32H40N4O5/c1-23-22-41-27-11-3-2-10-26(27)29(38)33-16-5-4-13-32(31(40)34-23)14-18-35(19-15-32)30(39)25-9-6-8-24(20-25)21-36-17-7-12-28(36)37/h2-3,6,8-11,20,23H,4-5,7,12-19,21-22H2,1H3,(H,33,38)(H,34,40)/t23-/m1/s1. The summed E-state index contributed by atoms with van der Waals surface area (Å²) >= 11 is 0. The number of hydrogen-bond acceptors (Lipinski definition) is 5. The lowest BCUT2D eigenvalue weighted by Gasteiger charge is -2.41. The SMILES string of the molecule is C[C@@H]1COc2ccccc2C(=O)NCCCCC2(CCN(C(=O)c3cccc(CN4CCCC4=O)c3)CC2)C(=O)N1. The minimum atomic E-state index is -0.574. The third-order valence-corrected chi connectivity index (χ3v) is 8.57. The monoisotopic (exact) mass is 560 g/mol. The highest BCUT2D eigenvalue weighted by atomic mass is 16.5. The van der Waals surface area contributed by atoms with Gasteiger partial charge in [0.15, 0.2) is 0 Å².